The Bertz CT molecular complexity index is 2220. The summed E-state index contributed by atoms with van der Waals surface area (Å²) < 4.78 is 20.5. The Morgan fingerprint density at radius 2 is 1.64 bits per heavy atom. The zero-order valence-electron chi connectivity index (χ0n) is 31.0. The number of aromatic amines is 1. The van der Waals surface area contributed by atoms with Crippen LogP contribution in [0, 0.1) is 5.82 Å². The number of rotatable bonds is 15. The molecule has 1 fully saturated rings. The van der Waals surface area contributed by atoms with Crippen LogP contribution >= 0.6 is 0 Å². The molecule has 3 amide bonds. The van der Waals surface area contributed by atoms with Crippen LogP contribution in [0.4, 0.5) is 10.1 Å². The van der Waals surface area contributed by atoms with E-state index in [4.69, 9.17) is 4.74 Å². The number of anilines is 1. The second kappa shape index (κ2) is 18.4. The molecule has 0 bridgehead atoms. The molecule has 1 aliphatic heterocycles. The number of hydrogen-bond acceptors (Lipinski definition) is 9. The summed E-state index contributed by atoms with van der Waals surface area (Å²) in [5.41, 5.74) is 5.08. The Balaban J connectivity index is 0.885. The topological polar surface area (TPSA) is 162 Å². The van der Waals surface area contributed by atoms with E-state index in [0.29, 0.717) is 79.2 Å². The highest BCUT2D eigenvalue weighted by molar-refractivity contribution is 5.98. The van der Waals surface area contributed by atoms with Crippen LogP contribution in [0.25, 0.3) is 21.9 Å². The van der Waals surface area contributed by atoms with E-state index in [-0.39, 0.29) is 42.6 Å². The summed E-state index contributed by atoms with van der Waals surface area (Å²) in [6.45, 7) is 4.79. The molecule has 3 heterocycles. The van der Waals surface area contributed by atoms with E-state index in [1.807, 2.05) is 30.3 Å². The second-order valence-corrected chi connectivity index (χ2v) is 13.2. The van der Waals surface area contributed by atoms with Gasteiger partial charge in [-0.3, -0.25) is 19.2 Å². The van der Waals surface area contributed by atoms with Crippen molar-refractivity contribution in [3.63, 3.8) is 0 Å². The first-order chi connectivity index (χ1) is 26.7. The number of aryl methyl sites for hydroxylation is 1. The van der Waals surface area contributed by atoms with Gasteiger partial charge in [-0.05, 0) is 47.4 Å². The maximum atomic E-state index is 14.9. The molecule has 55 heavy (non-hydrogen) atoms. The van der Waals surface area contributed by atoms with Gasteiger partial charge in [0, 0.05) is 69.9 Å². The first-order valence-corrected chi connectivity index (χ1v) is 18.4. The zero-order chi connectivity index (χ0) is 38.7. The average Bonchev–Trinajstić information content (AvgIpc) is 3.23. The summed E-state index contributed by atoms with van der Waals surface area (Å²) >= 11 is 0. The largest absolute Gasteiger partial charge is 0.386 e. The monoisotopic (exact) mass is 748 g/mol. The minimum Gasteiger partial charge on any atom is -0.386 e. The van der Waals surface area contributed by atoms with Gasteiger partial charge in [0.15, 0.2) is 5.69 Å². The Morgan fingerprint density at radius 1 is 0.873 bits per heavy atom. The SMILES string of the molecule is CCc1cccc(-c2cnc(C(=O)NCCOCCNCC(=O)N3CCN(C(=O)c4cc(Cc5n[nH]c(=O)c6ccccc56)ccc4F)CC3)c(NC)c2)c1. The molecule has 13 nitrogen and oxygen atoms in total. The third-order valence-corrected chi connectivity index (χ3v) is 9.60. The number of carbonyl (C=O) groups excluding carboxylic acids is 3. The molecule has 3 aromatic carbocycles. The van der Waals surface area contributed by atoms with E-state index >= 15 is 0 Å². The number of hydrogen-bond donors (Lipinski definition) is 4. The minimum atomic E-state index is -0.625. The van der Waals surface area contributed by atoms with Crippen LogP contribution in [-0.4, -0.2) is 109 Å². The Morgan fingerprint density at radius 3 is 2.42 bits per heavy atom. The molecule has 1 aliphatic rings. The predicted octanol–water partition coefficient (Wildman–Crippen LogP) is 3.64. The van der Waals surface area contributed by atoms with Crippen molar-refractivity contribution in [1.29, 1.82) is 0 Å². The van der Waals surface area contributed by atoms with Gasteiger partial charge in [-0.15, -0.1) is 0 Å². The lowest BCUT2D eigenvalue weighted by Gasteiger charge is -2.35. The van der Waals surface area contributed by atoms with Gasteiger partial charge in [-0.2, -0.15) is 5.10 Å². The number of benzene rings is 3. The summed E-state index contributed by atoms with van der Waals surface area (Å²) in [4.78, 5) is 58.8. The summed E-state index contributed by atoms with van der Waals surface area (Å²) in [6.07, 6.45) is 2.94. The van der Waals surface area contributed by atoms with Crippen LogP contribution in [0.1, 0.15) is 44.6 Å². The quantitative estimate of drug-likeness (QED) is 0.117. The number of ether oxygens (including phenoxy) is 1. The molecule has 2 aromatic heterocycles. The number of halogens is 1. The normalized spacial score (nSPS) is 12.9. The third kappa shape index (κ3) is 9.58. The number of aromatic nitrogens is 3. The van der Waals surface area contributed by atoms with Gasteiger partial charge in [0.1, 0.15) is 5.82 Å². The molecule has 5 aromatic rings. The molecule has 286 valence electrons. The summed E-state index contributed by atoms with van der Waals surface area (Å²) in [5, 5.41) is 16.9. The summed E-state index contributed by atoms with van der Waals surface area (Å²) in [5.74, 6) is -1.48. The van der Waals surface area contributed by atoms with Crippen LogP contribution in [0.3, 0.4) is 0 Å². The van der Waals surface area contributed by atoms with E-state index < -0.39 is 11.7 Å². The van der Waals surface area contributed by atoms with Gasteiger partial charge in [0.25, 0.3) is 17.4 Å². The molecule has 0 aliphatic carbocycles. The standard InChI is InChI=1S/C41H45FN8O5/c1-3-27-7-6-8-29(21-27)30-24-36(43-2)38(46-25-30)40(53)45-14-20-55-19-13-44-26-37(51)49-15-17-50(18-16-49)41(54)33-22-28(11-12-34(33)42)23-35-31-9-4-5-10-32(31)39(52)48-47-35/h4-12,21-22,24-25,43-44H,3,13-20,23,26H2,1-2H3,(H,45,53)(H,48,52). The van der Waals surface area contributed by atoms with Crippen molar-refractivity contribution in [3.8, 4) is 11.1 Å². The molecular weight excluding hydrogens is 703 g/mol. The smallest absolute Gasteiger partial charge is 0.272 e. The number of nitrogens with one attached hydrogen (secondary N) is 4. The van der Waals surface area contributed by atoms with E-state index in [9.17, 15) is 23.6 Å². The maximum absolute atomic E-state index is 14.9. The average molecular weight is 749 g/mol. The van der Waals surface area contributed by atoms with Crippen molar-refractivity contribution >= 4 is 34.2 Å². The fourth-order valence-corrected chi connectivity index (χ4v) is 6.51. The number of nitrogens with zero attached hydrogens (tertiary/aromatic N) is 4. The number of fused-ring (bicyclic) bond motifs is 1. The molecule has 0 atom stereocenters. The Labute approximate surface area is 318 Å². The molecule has 0 saturated carbocycles. The highest BCUT2D eigenvalue weighted by atomic mass is 19.1. The first-order valence-electron chi connectivity index (χ1n) is 18.4. The van der Waals surface area contributed by atoms with Gasteiger partial charge in [-0.1, -0.05) is 55.5 Å². The zero-order valence-corrected chi connectivity index (χ0v) is 31.0. The molecule has 4 N–H and O–H groups in total. The van der Waals surface area contributed by atoms with Crippen LogP contribution in [-0.2, 0) is 22.4 Å². The van der Waals surface area contributed by atoms with Crippen molar-refractivity contribution in [1.82, 2.24) is 35.6 Å². The highest BCUT2D eigenvalue weighted by Gasteiger charge is 2.26. The predicted molar refractivity (Wildman–Crippen MR) is 209 cm³/mol. The van der Waals surface area contributed by atoms with Gasteiger partial charge >= 0.3 is 0 Å². The van der Waals surface area contributed by atoms with Crippen molar-refractivity contribution in [2.75, 3.05) is 71.4 Å². The third-order valence-electron chi connectivity index (χ3n) is 9.60. The van der Waals surface area contributed by atoms with Crippen molar-refractivity contribution in [2.24, 2.45) is 0 Å². The van der Waals surface area contributed by atoms with E-state index in [0.717, 1.165) is 17.5 Å². The number of amides is 3. The van der Waals surface area contributed by atoms with Gasteiger partial charge in [0.2, 0.25) is 5.91 Å². The number of pyridine rings is 1. The lowest BCUT2D eigenvalue weighted by Crippen LogP contribution is -2.52. The molecule has 0 radical (unpaired) electrons. The number of carbonyl (C=O) groups is 3. The lowest BCUT2D eigenvalue weighted by atomic mass is 10.0. The molecule has 6 rings (SSSR count). The van der Waals surface area contributed by atoms with Crippen LogP contribution in [0.5, 0.6) is 0 Å². The Hall–Kier alpha value is -5.99. The molecule has 1 saturated heterocycles. The van der Waals surface area contributed by atoms with Crippen molar-refractivity contribution < 1.29 is 23.5 Å². The molecule has 0 unspecified atom stereocenters. The van der Waals surface area contributed by atoms with Gasteiger partial charge < -0.3 is 30.5 Å². The molecule has 14 heteroatoms. The van der Waals surface area contributed by atoms with E-state index in [1.54, 1.807) is 41.2 Å². The van der Waals surface area contributed by atoms with E-state index in [1.165, 1.54) is 17.7 Å². The number of H-pyrrole nitrogens is 1. The second-order valence-electron chi connectivity index (χ2n) is 13.2. The highest BCUT2D eigenvalue weighted by Crippen LogP contribution is 2.25. The van der Waals surface area contributed by atoms with Crippen LogP contribution in [0.2, 0.25) is 0 Å². The van der Waals surface area contributed by atoms with Crippen molar-refractivity contribution in [3.05, 3.63) is 123 Å². The minimum absolute atomic E-state index is 0.0467. The summed E-state index contributed by atoms with van der Waals surface area (Å²) in [6, 6.07) is 21.7. The molecule has 0 spiro atoms. The van der Waals surface area contributed by atoms with Crippen LogP contribution in [0.15, 0.2) is 83.8 Å². The first kappa shape index (κ1) is 38.7. The van der Waals surface area contributed by atoms with Crippen molar-refractivity contribution in [2.45, 2.75) is 19.8 Å². The number of piperazine rings is 1. The fraction of sp³-hybridized carbons (Fsp3) is 0.317. The van der Waals surface area contributed by atoms with E-state index in [2.05, 4.69) is 50.2 Å². The molecular formula is C41H45FN8O5. The van der Waals surface area contributed by atoms with Gasteiger partial charge in [0.05, 0.1) is 42.1 Å². The maximum Gasteiger partial charge on any atom is 0.272 e. The summed E-state index contributed by atoms with van der Waals surface area (Å²) in [7, 11) is 1.75. The van der Waals surface area contributed by atoms with Crippen LogP contribution < -0.4 is 21.5 Å². The fourth-order valence-electron chi connectivity index (χ4n) is 6.51. The van der Waals surface area contributed by atoms with Gasteiger partial charge in [-0.25, -0.2) is 14.5 Å². The lowest BCUT2D eigenvalue weighted by molar-refractivity contribution is -0.131. The Kier molecular flexibility index (Phi) is 12.9.